The molecule has 1 aromatic carbocycles. The van der Waals surface area contributed by atoms with Crippen LogP contribution in [0.4, 0.5) is 0 Å². The molecule has 2 heterocycles. The highest BCUT2D eigenvalue weighted by atomic mass is 35.5. The van der Waals surface area contributed by atoms with Crippen LogP contribution in [-0.2, 0) is 6.54 Å². The molecule has 2 atom stereocenters. The average Bonchev–Trinajstić information content (AvgIpc) is 2.99. The Bertz CT molecular complexity index is 578. The lowest BCUT2D eigenvalue weighted by molar-refractivity contribution is 0.0706. The zero-order valence-electron chi connectivity index (χ0n) is 15.2. The minimum atomic E-state index is -0.290. The SMILES string of the molecule is CCOc1cc(CN2C[C@H](O)[C@@H](N3CCCCC3)C2)c(Cl)cc1OC. The number of rotatable bonds is 6. The van der Waals surface area contributed by atoms with Gasteiger partial charge in [-0.2, -0.15) is 0 Å². The largest absolute Gasteiger partial charge is 0.493 e. The molecule has 140 valence electrons. The lowest BCUT2D eigenvalue weighted by Gasteiger charge is -2.33. The highest BCUT2D eigenvalue weighted by molar-refractivity contribution is 6.31. The fourth-order valence-corrected chi connectivity index (χ4v) is 4.17. The minimum Gasteiger partial charge on any atom is -0.493 e. The van der Waals surface area contributed by atoms with Crippen molar-refractivity contribution < 1.29 is 14.6 Å². The van der Waals surface area contributed by atoms with E-state index in [0.717, 1.165) is 30.9 Å². The number of aliphatic hydroxyl groups is 1. The molecule has 0 aromatic heterocycles. The summed E-state index contributed by atoms with van der Waals surface area (Å²) in [6.07, 6.45) is 3.50. The van der Waals surface area contributed by atoms with E-state index in [4.69, 9.17) is 21.1 Å². The summed E-state index contributed by atoms with van der Waals surface area (Å²) in [6, 6.07) is 4.02. The van der Waals surface area contributed by atoms with E-state index in [1.165, 1.54) is 19.3 Å². The smallest absolute Gasteiger partial charge is 0.162 e. The van der Waals surface area contributed by atoms with Crippen molar-refractivity contribution in [1.29, 1.82) is 0 Å². The first-order chi connectivity index (χ1) is 12.1. The minimum absolute atomic E-state index is 0.240. The number of halogens is 1. The molecule has 0 bridgehead atoms. The third-order valence-corrected chi connectivity index (χ3v) is 5.57. The van der Waals surface area contributed by atoms with E-state index in [2.05, 4.69) is 9.80 Å². The summed E-state index contributed by atoms with van der Waals surface area (Å²) in [7, 11) is 1.62. The number of ether oxygens (including phenoxy) is 2. The fraction of sp³-hybridized carbons (Fsp3) is 0.684. The normalized spacial score (nSPS) is 25.3. The third kappa shape index (κ3) is 4.40. The number of methoxy groups -OCH3 is 1. The highest BCUT2D eigenvalue weighted by Crippen LogP contribution is 2.34. The summed E-state index contributed by atoms with van der Waals surface area (Å²) in [5.41, 5.74) is 1.01. The van der Waals surface area contributed by atoms with Crippen molar-refractivity contribution in [3.63, 3.8) is 0 Å². The van der Waals surface area contributed by atoms with Crippen molar-refractivity contribution in [2.75, 3.05) is 39.9 Å². The number of piperidine rings is 1. The Labute approximate surface area is 155 Å². The van der Waals surface area contributed by atoms with Crippen LogP contribution in [0.2, 0.25) is 5.02 Å². The van der Waals surface area contributed by atoms with E-state index in [1.807, 2.05) is 19.1 Å². The van der Waals surface area contributed by atoms with Gasteiger partial charge in [0, 0.05) is 36.8 Å². The predicted molar refractivity (Wildman–Crippen MR) is 99.7 cm³/mol. The van der Waals surface area contributed by atoms with Gasteiger partial charge in [-0.3, -0.25) is 9.80 Å². The number of hydrogen-bond donors (Lipinski definition) is 1. The lowest BCUT2D eigenvalue weighted by Crippen LogP contribution is -2.45. The molecule has 0 unspecified atom stereocenters. The maximum atomic E-state index is 10.5. The molecular weight excluding hydrogens is 340 g/mol. The van der Waals surface area contributed by atoms with Crippen molar-refractivity contribution in [3.8, 4) is 11.5 Å². The molecule has 1 aromatic rings. The van der Waals surface area contributed by atoms with E-state index < -0.39 is 0 Å². The summed E-state index contributed by atoms with van der Waals surface area (Å²) in [5, 5.41) is 11.2. The van der Waals surface area contributed by atoms with E-state index in [9.17, 15) is 5.11 Å². The summed E-state index contributed by atoms with van der Waals surface area (Å²) in [6.45, 7) is 7.02. The number of likely N-dealkylation sites (tertiary alicyclic amines) is 2. The van der Waals surface area contributed by atoms with Crippen LogP contribution in [-0.4, -0.2) is 66.9 Å². The van der Waals surface area contributed by atoms with Gasteiger partial charge < -0.3 is 14.6 Å². The molecule has 5 nitrogen and oxygen atoms in total. The van der Waals surface area contributed by atoms with Gasteiger partial charge in [0.1, 0.15) is 0 Å². The quantitative estimate of drug-likeness (QED) is 0.836. The average molecular weight is 369 g/mol. The van der Waals surface area contributed by atoms with Gasteiger partial charge in [-0.05, 0) is 44.5 Å². The van der Waals surface area contributed by atoms with Gasteiger partial charge in [-0.1, -0.05) is 18.0 Å². The second-order valence-electron chi connectivity index (χ2n) is 6.95. The zero-order chi connectivity index (χ0) is 17.8. The first-order valence-corrected chi connectivity index (χ1v) is 9.63. The number of aliphatic hydroxyl groups excluding tert-OH is 1. The molecule has 0 radical (unpaired) electrons. The molecular formula is C19H29ClN2O3. The number of β-amino-alcohol motifs (C(OH)–C–C–N with tert-alkyl or cyclic N) is 1. The monoisotopic (exact) mass is 368 g/mol. The van der Waals surface area contributed by atoms with Crippen molar-refractivity contribution in [1.82, 2.24) is 9.80 Å². The van der Waals surface area contributed by atoms with E-state index in [0.29, 0.717) is 30.5 Å². The first-order valence-electron chi connectivity index (χ1n) is 9.26. The molecule has 0 spiro atoms. The van der Waals surface area contributed by atoms with Crippen LogP contribution in [0.15, 0.2) is 12.1 Å². The van der Waals surface area contributed by atoms with Gasteiger partial charge >= 0.3 is 0 Å². The maximum Gasteiger partial charge on any atom is 0.162 e. The second-order valence-corrected chi connectivity index (χ2v) is 7.36. The van der Waals surface area contributed by atoms with Crippen LogP contribution in [0.1, 0.15) is 31.7 Å². The van der Waals surface area contributed by atoms with Crippen LogP contribution in [0.25, 0.3) is 0 Å². The molecule has 6 heteroatoms. The van der Waals surface area contributed by atoms with E-state index in [-0.39, 0.29) is 12.1 Å². The number of hydrogen-bond acceptors (Lipinski definition) is 5. The molecule has 3 rings (SSSR count). The highest BCUT2D eigenvalue weighted by Gasteiger charge is 2.36. The van der Waals surface area contributed by atoms with Crippen molar-refractivity contribution >= 4 is 11.6 Å². The van der Waals surface area contributed by atoms with Crippen LogP contribution in [0.5, 0.6) is 11.5 Å². The third-order valence-electron chi connectivity index (χ3n) is 5.22. The molecule has 2 aliphatic rings. The standard InChI is InChI=1S/C19H29ClN2O3/c1-3-25-19-9-14(15(20)10-18(19)24-2)11-21-12-16(17(23)13-21)22-7-5-4-6-8-22/h9-10,16-17,23H,3-8,11-13H2,1-2H3/t16-,17-/m0/s1. The van der Waals surface area contributed by atoms with Gasteiger partial charge in [-0.25, -0.2) is 0 Å². The lowest BCUT2D eigenvalue weighted by atomic mass is 10.1. The molecule has 2 fully saturated rings. The van der Waals surface area contributed by atoms with Crippen LogP contribution in [0, 0.1) is 0 Å². The van der Waals surface area contributed by atoms with Gasteiger partial charge in [-0.15, -0.1) is 0 Å². The number of nitrogens with zero attached hydrogens (tertiary/aromatic N) is 2. The Kier molecular flexibility index (Phi) is 6.44. The van der Waals surface area contributed by atoms with Crippen molar-refractivity contribution in [2.45, 2.75) is 44.9 Å². The van der Waals surface area contributed by atoms with Gasteiger partial charge in [0.05, 0.1) is 19.8 Å². The molecule has 0 amide bonds. The molecule has 2 saturated heterocycles. The summed E-state index contributed by atoms with van der Waals surface area (Å²) in [4.78, 5) is 4.74. The van der Waals surface area contributed by atoms with Gasteiger partial charge in [0.15, 0.2) is 11.5 Å². The topological polar surface area (TPSA) is 45.2 Å². The predicted octanol–water partition coefficient (Wildman–Crippen LogP) is 2.78. The Hall–Kier alpha value is -1.01. The van der Waals surface area contributed by atoms with Crippen LogP contribution < -0.4 is 9.47 Å². The number of benzene rings is 1. The summed E-state index contributed by atoms with van der Waals surface area (Å²) < 4.78 is 11.0. The van der Waals surface area contributed by atoms with Crippen molar-refractivity contribution in [2.24, 2.45) is 0 Å². The van der Waals surface area contributed by atoms with Gasteiger partial charge in [0.2, 0.25) is 0 Å². The fourth-order valence-electron chi connectivity index (χ4n) is 3.95. The Morgan fingerprint density at radius 2 is 1.92 bits per heavy atom. The van der Waals surface area contributed by atoms with E-state index in [1.54, 1.807) is 7.11 Å². The zero-order valence-corrected chi connectivity index (χ0v) is 16.0. The molecule has 0 saturated carbocycles. The maximum absolute atomic E-state index is 10.5. The van der Waals surface area contributed by atoms with Crippen LogP contribution in [0.3, 0.4) is 0 Å². The molecule has 25 heavy (non-hydrogen) atoms. The molecule has 1 N–H and O–H groups in total. The second kappa shape index (κ2) is 8.58. The summed E-state index contributed by atoms with van der Waals surface area (Å²) >= 11 is 6.45. The first kappa shape index (κ1) is 18.8. The van der Waals surface area contributed by atoms with Crippen molar-refractivity contribution in [3.05, 3.63) is 22.7 Å². The Morgan fingerprint density at radius 1 is 1.16 bits per heavy atom. The Morgan fingerprint density at radius 3 is 2.60 bits per heavy atom. The molecule has 2 aliphatic heterocycles. The summed E-state index contributed by atoms with van der Waals surface area (Å²) in [5.74, 6) is 1.37. The van der Waals surface area contributed by atoms with E-state index >= 15 is 0 Å². The van der Waals surface area contributed by atoms with Gasteiger partial charge in [0.25, 0.3) is 0 Å². The van der Waals surface area contributed by atoms with Crippen LogP contribution >= 0.6 is 11.6 Å². The Balaban J connectivity index is 1.69. The molecule has 0 aliphatic carbocycles.